The Morgan fingerprint density at radius 2 is 2.00 bits per heavy atom. The van der Waals surface area contributed by atoms with Crippen LogP contribution in [0.1, 0.15) is 22.7 Å². The minimum Gasteiger partial charge on any atom is -0.493 e. The Kier molecular flexibility index (Phi) is 6.66. The Bertz CT molecular complexity index is 976. The van der Waals surface area contributed by atoms with Crippen LogP contribution in [0.3, 0.4) is 0 Å². The predicted octanol–water partition coefficient (Wildman–Crippen LogP) is 4.60. The summed E-state index contributed by atoms with van der Waals surface area (Å²) in [6.45, 7) is -3.14. The number of aliphatic hydroxyl groups excluding tert-OH is 1. The Morgan fingerprint density at radius 3 is 2.60 bits per heavy atom. The van der Waals surface area contributed by atoms with Crippen molar-refractivity contribution in [3.63, 3.8) is 0 Å². The largest absolute Gasteiger partial charge is 0.493 e. The number of likely N-dealkylation sites (N-methyl/N-ethyl adjacent to an activating group) is 1. The Hall–Kier alpha value is -2.20. The van der Waals surface area contributed by atoms with Crippen molar-refractivity contribution in [1.82, 2.24) is 4.90 Å². The van der Waals surface area contributed by atoms with Gasteiger partial charge < -0.3 is 14.6 Å². The van der Waals surface area contributed by atoms with Crippen molar-refractivity contribution in [2.45, 2.75) is 31.7 Å². The molecule has 1 N–H and O–H groups in total. The zero-order valence-electron chi connectivity index (χ0n) is 15.9. The second-order valence-corrected chi connectivity index (χ2v) is 7.70. The first-order valence-electron chi connectivity index (χ1n) is 8.78. The maximum atomic E-state index is 12.6. The summed E-state index contributed by atoms with van der Waals surface area (Å²) in [6.07, 6.45) is -0.490. The van der Waals surface area contributed by atoms with E-state index >= 15 is 0 Å². The van der Waals surface area contributed by atoms with Gasteiger partial charge in [-0.1, -0.05) is 23.2 Å². The standard InChI is InChI=1S/C19H18Cl2F2N2O5/c1-24(18-12-4-10(20)5-13(21)11(12)6-15(18)26)8-9-3-16(29-2)17(30-19(22)23)7-14(9)25(27)28/h3-5,7,15,18-19,26H,6,8H2,1-2H3. The molecule has 2 aromatic rings. The van der Waals surface area contributed by atoms with Crippen molar-refractivity contribution >= 4 is 28.9 Å². The minimum absolute atomic E-state index is 0.0208. The molecular formula is C19H18Cl2F2N2O5. The molecule has 0 amide bonds. The summed E-state index contributed by atoms with van der Waals surface area (Å²) in [5.41, 5.74) is 1.29. The second kappa shape index (κ2) is 8.89. The van der Waals surface area contributed by atoms with E-state index < -0.39 is 35.1 Å². The molecule has 0 aromatic heterocycles. The fourth-order valence-electron chi connectivity index (χ4n) is 3.76. The Labute approximate surface area is 180 Å². The lowest BCUT2D eigenvalue weighted by Gasteiger charge is -2.28. The van der Waals surface area contributed by atoms with E-state index in [0.29, 0.717) is 16.5 Å². The van der Waals surface area contributed by atoms with Crippen molar-refractivity contribution in [2.24, 2.45) is 0 Å². The zero-order chi connectivity index (χ0) is 22.2. The molecule has 2 atom stereocenters. The molecule has 0 heterocycles. The summed E-state index contributed by atoms with van der Waals surface area (Å²) in [5, 5.41) is 23.0. The number of nitro groups is 1. The lowest BCUT2D eigenvalue weighted by Crippen LogP contribution is -2.31. The first-order chi connectivity index (χ1) is 14.1. The number of ether oxygens (including phenoxy) is 2. The number of aliphatic hydroxyl groups is 1. The van der Waals surface area contributed by atoms with Gasteiger partial charge in [0.1, 0.15) is 0 Å². The van der Waals surface area contributed by atoms with Gasteiger partial charge in [0.2, 0.25) is 0 Å². The monoisotopic (exact) mass is 462 g/mol. The van der Waals surface area contributed by atoms with Crippen LogP contribution in [-0.4, -0.2) is 41.8 Å². The number of nitro benzene ring substituents is 1. The average Bonchev–Trinajstić information content (AvgIpc) is 2.98. The Balaban J connectivity index is 1.97. The van der Waals surface area contributed by atoms with Gasteiger partial charge in [0.05, 0.1) is 30.2 Å². The van der Waals surface area contributed by atoms with E-state index in [-0.39, 0.29) is 17.9 Å². The molecule has 1 aliphatic carbocycles. The van der Waals surface area contributed by atoms with E-state index in [1.54, 1.807) is 24.1 Å². The lowest BCUT2D eigenvalue weighted by molar-refractivity contribution is -0.385. The fourth-order valence-corrected chi connectivity index (χ4v) is 4.35. The minimum atomic E-state index is -3.16. The number of nitrogens with zero attached hydrogens (tertiary/aromatic N) is 2. The molecule has 0 bridgehead atoms. The molecule has 7 nitrogen and oxygen atoms in total. The first-order valence-corrected chi connectivity index (χ1v) is 9.54. The summed E-state index contributed by atoms with van der Waals surface area (Å²) in [6, 6.07) is 4.96. The van der Waals surface area contributed by atoms with Gasteiger partial charge in [-0.2, -0.15) is 8.78 Å². The van der Waals surface area contributed by atoms with E-state index in [1.165, 1.54) is 13.2 Å². The number of alkyl halides is 2. The van der Waals surface area contributed by atoms with Crippen molar-refractivity contribution in [2.75, 3.05) is 14.2 Å². The van der Waals surface area contributed by atoms with Crippen LogP contribution in [0.5, 0.6) is 11.5 Å². The molecule has 0 fully saturated rings. The molecule has 30 heavy (non-hydrogen) atoms. The highest BCUT2D eigenvalue weighted by atomic mass is 35.5. The predicted molar refractivity (Wildman–Crippen MR) is 107 cm³/mol. The van der Waals surface area contributed by atoms with E-state index in [1.807, 2.05) is 0 Å². The van der Waals surface area contributed by atoms with Gasteiger partial charge in [0.25, 0.3) is 5.69 Å². The van der Waals surface area contributed by atoms with Gasteiger partial charge in [0.15, 0.2) is 11.5 Å². The zero-order valence-corrected chi connectivity index (χ0v) is 17.5. The third-order valence-electron chi connectivity index (χ3n) is 4.96. The smallest absolute Gasteiger partial charge is 0.387 e. The molecule has 3 rings (SSSR count). The van der Waals surface area contributed by atoms with Crippen LogP contribution in [0, 0.1) is 10.1 Å². The SMILES string of the molecule is COc1cc(CN(C)C2c3cc(Cl)cc(Cl)c3CC2O)c([N+](=O)[O-])cc1OC(F)F. The van der Waals surface area contributed by atoms with Crippen LogP contribution in [0.2, 0.25) is 10.0 Å². The number of halogens is 4. The lowest BCUT2D eigenvalue weighted by atomic mass is 10.0. The topological polar surface area (TPSA) is 85.1 Å². The molecule has 2 aromatic carbocycles. The normalized spacial score (nSPS) is 18.0. The van der Waals surface area contributed by atoms with Gasteiger partial charge >= 0.3 is 6.61 Å². The van der Waals surface area contributed by atoms with E-state index in [0.717, 1.165) is 17.2 Å². The highest BCUT2D eigenvalue weighted by Crippen LogP contribution is 2.42. The molecule has 0 saturated carbocycles. The summed E-state index contributed by atoms with van der Waals surface area (Å²) in [7, 11) is 2.92. The number of hydrogen-bond donors (Lipinski definition) is 1. The first kappa shape index (κ1) is 22.5. The van der Waals surface area contributed by atoms with Crippen molar-refractivity contribution < 1.29 is 28.3 Å². The van der Waals surface area contributed by atoms with Gasteiger partial charge in [-0.05, 0) is 36.4 Å². The van der Waals surface area contributed by atoms with Crippen molar-refractivity contribution in [1.29, 1.82) is 0 Å². The van der Waals surface area contributed by atoms with Crippen LogP contribution in [0.25, 0.3) is 0 Å². The molecule has 2 unspecified atom stereocenters. The molecule has 0 aliphatic heterocycles. The van der Waals surface area contributed by atoms with Crippen molar-refractivity contribution in [3.05, 3.63) is 61.1 Å². The summed E-state index contributed by atoms with van der Waals surface area (Å²) in [5.74, 6) is -0.502. The van der Waals surface area contributed by atoms with Crippen LogP contribution in [0.4, 0.5) is 14.5 Å². The molecular weight excluding hydrogens is 445 g/mol. The van der Waals surface area contributed by atoms with Gasteiger partial charge in [0, 0.05) is 28.6 Å². The molecule has 0 radical (unpaired) electrons. The summed E-state index contributed by atoms with van der Waals surface area (Å²) in [4.78, 5) is 12.6. The van der Waals surface area contributed by atoms with Crippen LogP contribution >= 0.6 is 23.2 Å². The van der Waals surface area contributed by atoms with Gasteiger partial charge in [-0.15, -0.1) is 0 Å². The molecule has 0 spiro atoms. The Morgan fingerprint density at radius 1 is 1.30 bits per heavy atom. The van der Waals surface area contributed by atoms with E-state index in [9.17, 15) is 24.0 Å². The molecule has 11 heteroatoms. The quantitative estimate of drug-likeness (QED) is 0.477. The third-order valence-corrected chi connectivity index (χ3v) is 5.52. The number of methoxy groups -OCH3 is 1. The van der Waals surface area contributed by atoms with Crippen molar-refractivity contribution in [3.8, 4) is 11.5 Å². The van der Waals surface area contributed by atoms with Crippen LogP contribution in [0.15, 0.2) is 24.3 Å². The third kappa shape index (κ3) is 4.44. The average molecular weight is 463 g/mol. The van der Waals surface area contributed by atoms with E-state index in [4.69, 9.17) is 27.9 Å². The number of rotatable bonds is 7. The van der Waals surface area contributed by atoms with Crippen LogP contribution in [-0.2, 0) is 13.0 Å². The number of benzene rings is 2. The second-order valence-electron chi connectivity index (χ2n) is 6.85. The highest BCUT2D eigenvalue weighted by Gasteiger charge is 2.36. The fraction of sp³-hybridized carbons (Fsp3) is 0.368. The molecule has 1 aliphatic rings. The summed E-state index contributed by atoms with van der Waals surface area (Å²) < 4.78 is 34.6. The number of hydrogen-bond acceptors (Lipinski definition) is 6. The van der Waals surface area contributed by atoms with Crippen LogP contribution < -0.4 is 9.47 Å². The van der Waals surface area contributed by atoms with Gasteiger partial charge in [-0.3, -0.25) is 15.0 Å². The van der Waals surface area contributed by atoms with E-state index in [2.05, 4.69) is 4.74 Å². The molecule has 162 valence electrons. The maximum absolute atomic E-state index is 12.6. The number of fused-ring (bicyclic) bond motifs is 1. The maximum Gasteiger partial charge on any atom is 0.387 e. The van der Waals surface area contributed by atoms with Gasteiger partial charge in [-0.25, -0.2) is 0 Å². The summed E-state index contributed by atoms with van der Waals surface area (Å²) >= 11 is 12.3. The highest BCUT2D eigenvalue weighted by molar-refractivity contribution is 6.35. The molecule has 0 saturated heterocycles.